The fraction of sp³-hybridized carbons (Fsp3) is 0.400. The maximum Gasteiger partial charge on any atom is 0.253 e. The Morgan fingerprint density at radius 1 is 1.24 bits per heavy atom. The zero-order chi connectivity index (χ0) is 15.9. The fourth-order valence-corrected chi connectivity index (χ4v) is 2.20. The topological polar surface area (TPSA) is 76.9 Å². The maximum absolute atomic E-state index is 10.4. The summed E-state index contributed by atoms with van der Waals surface area (Å²) in [6, 6.07) is 5.78. The predicted octanol–water partition coefficient (Wildman–Crippen LogP) is 2.08. The summed E-state index contributed by atoms with van der Waals surface area (Å²) < 4.78 is 33.3. The van der Waals surface area contributed by atoms with Gasteiger partial charge in [-0.15, -0.1) is 0 Å². The molecule has 2 rings (SSSR count). The lowest BCUT2D eigenvalue weighted by Crippen LogP contribution is -2.30. The highest BCUT2D eigenvalue weighted by molar-refractivity contribution is 7.85. The van der Waals surface area contributed by atoms with E-state index in [4.69, 9.17) is 0 Å². The van der Waals surface area contributed by atoms with E-state index in [2.05, 4.69) is 23.5 Å². The van der Waals surface area contributed by atoms with E-state index in [0.717, 1.165) is 5.56 Å². The molecule has 1 aromatic heterocycles. The lowest BCUT2D eigenvalue weighted by Gasteiger charge is -2.05. The molecule has 1 heterocycles. The number of hydrogen-bond acceptors (Lipinski definition) is 3. The first-order valence-electron chi connectivity index (χ1n) is 6.89. The monoisotopic (exact) mass is 310 g/mol. The van der Waals surface area contributed by atoms with Crippen LogP contribution < -0.4 is 4.57 Å². The second-order valence-electron chi connectivity index (χ2n) is 4.89. The van der Waals surface area contributed by atoms with Crippen LogP contribution in [-0.4, -0.2) is 18.0 Å². The van der Waals surface area contributed by atoms with E-state index >= 15 is 0 Å². The Balaban J connectivity index is 0.000000211. The second kappa shape index (κ2) is 7.95. The molecule has 0 spiro atoms. The molecular formula is C15H22N2O3S. The van der Waals surface area contributed by atoms with E-state index in [9.17, 15) is 13.0 Å². The Labute approximate surface area is 126 Å². The Bertz CT molecular complexity index is 646. The van der Waals surface area contributed by atoms with Crippen molar-refractivity contribution in [2.24, 2.45) is 7.05 Å². The number of benzene rings is 1. The van der Waals surface area contributed by atoms with Crippen LogP contribution in [0.3, 0.4) is 0 Å². The van der Waals surface area contributed by atoms with Crippen molar-refractivity contribution >= 4 is 10.1 Å². The van der Waals surface area contributed by atoms with E-state index in [1.54, 1.807) is 12.1 Å². The number of H-pyrrole nitrogens is 1. The van der Waals surface area contributed by atoms with Crippen LogP contribution in [-0.2, 0) is 23.6 Å². The van der Waals surface area contributed by atoms with Gasteiger partial charge in [0.2, 0.25) is 0 Å². The standard InChI is InChI=1S/C8H14N2.C7H8O3S/c1-3-4-5-8-9-6-7-10(8)2;1-6-2-4-7(5-3-6)11(8,9)10/h6-7H,3-5H2,1-2H3;2-5H,1H3,(H,8,9,10). The third kappa shape index (κ3) is 6.10. The van der Waals surface area contributed by atoms with Gasteiger partial charge >= 0.3 is 0 Å². The Hall–Kier alpha value is -1.66. The Morgan fingerprint density at radius 3 is 2.29 bits per heavy atom. The van der Waals surface area contributed by atoms with Gasteiger partial charge in [-0.3, -0.25) is 0 Å². The number of aromatic amines is 1. The molecule has 0 amide bonds. The van der Waals surface area contributed by atoms with Crippen molar-refractivity contribution < 1.29 is 17.5 Å². The van der Waals surface area contributed by atoms with Crippen LogP contribution in [0.1, 0.15) is 31.2 Å². The number of aryl methyl sites for hydroxylation is 3. The van der Waals surface area contributed by atoms with Gasteiger partial charge in [0.1, 0.15) is 22.5 Å². The van der Waals surface area contributed by atoms with Crippen molar-refractivity contribution in [3.63, 3.8) is 0 Å². The summed E-state index contributed by atoms with van der Waals surface area (Å²) in [6.07, 6.45) is 7.73. The molecule has 0 aliphatic carbocycles. The zero-order valence-electron chi connectivity index (χ0n) is 12.7. The molecule has 0 radical (unpaired) electrons. The number of unbranched alkanes of at least 4 members (excludes halogenated alkanes) is 1. The van der Waals surface area contributed by atoms with Crippen LogP contribution in [0, 0.1) is 6.92 Å². The van der Waals surface area contributed by atoms with Crippen LogP contribution in [0.5, 0.6) is 0 Å². The van der Waals surface area contributed by atoms with Crippen LogP contribution in [0.15, 0.2) is 41.6 Å². The number of aromatic nitrogens is 2. The summed E-state index contributed by atoms with van der Waals surface area (Å²) in [4.78, 5) is 3.03. The van der Waals surface area contributed by atoms with Crippen LogP contribution in [0.4, 0.5) is 0 Å². The van der Waals surface area contributed by atoms with Gasteiger partial charge in [-0.2, -0.15) is 0 Å². The molecular weight excluding hydrogens is 288 g/mol. The van der Waals surface area contributed by atoms with Crippen molar-refractivity contribution in [3.8, 4) is 0 Å². The van der Waals surface area contributed by atoms with Gasteiger partial charge in [-0.1, -0.05) is 31.0 Å². The summed E-state index contributed by atoms with van der Waals surface area (Å²) >= 11 is 0. The van der Waals surface area contributed by atoms with E-state index in [1.165, 1.54) is 37.2 Å². The molecule has 0 atom stereocenters. The van der Waals surface area contributed by atoms with Gasteiger partial charge in [0.25, 0.3) is 5.82 Å². The van der Waals surface area contributed by atoms with Crippen LogP contribution >= 0.6 is 0 Å². The van der Waals surface area contributed by atoms with Crippen molar-refractivity contribution in [1.82, 2.24) is 4.98 Å². The van der Waals surface area contributed by atoms with E-state index < -0.39 is 10.1 Å². The van der Waals surface area contributed by atoms with Crippen molar-refractivity contribution in [3.05, 3.63) is 48.0 Å². The van der Waals surface area contributed by atoms with Gasteiger partial charge in [-0.25, -0.2) is 18.0 Å². The molecule has 5 nitrogen and oxygen atoms in total. The summed E-state index contributed by atoms with van der Waals surface area (Å²) in [5, 5.41) is 0. The van der Waals surface area contributed by atoms with Gasteiger partial charge in [0.15, 0.2) is 0 Å². The average Bonchev–Trinajstić information content (AvgIpc) is 2.82. The third-order valence-corrected chi connectivity index (χ3v) is 3.90. The highest BCUT2D eigenvalue weighted by atomic mass is 32.2. The van der Waals surface area contributed by atoms with Crippen molar-refractivity contribution in [2.75, 3.05) is 0 Å². The molecule has 0 saturated carbocycles. The Kier molecular flexibility index (Phi) is 6.58. The molecule has 0 fully saturated rings. The summed E-state index contributed by atoms with van der Waals surface area (Å²) in [5.41, 5.74) is 0.928. The molecule has 6 heteroatoms. The number of nitrogens with one attached hydrogen (secondary N) is 1. The van der Waals surface area contributed by atoms with Crippen molar-refractivity contribution in [2.45, 2.75) is 38.0 Å². The first-order valence-corrected chi connectivity index (χ1v) is 8.30. The largest absolute Gasteiger partial charge is 0.744 e. The fourth-order valence-electron chi connectivity index (χ4n) is 1.73. The quantitative estimate of drug-likeness (QED) is 0.694. The number of rotatable bonds is 4. The maximum atomic E-state index is 10.4. The molecule has 0 unspecified atom stereocenters. The summed E-state index contributed by atoms with van der Waals surface area (Å²) in [5.74, 6) is 1.32. The Morgan fingerprint density at radius 2 is 1.86 bits per heavy atom. The first-order chi connectivity index (χ1) is 9.84. The summed E-state index contributed by atoms with van der Waals surface area (Å²) in [6.45, 7) is 4.03. The predicted molar refractivity (Wildman–Crippen MR) is 79.7 cm³/mol. The van der Waals surface area contributed by atoms with Crippen LogP contribution in [0.2, 0.25) is 0 Å². The molecule has 0 saturated heterocycles. The van der Waals surface area contributed by atoms with E-state index in [1.807, 2.05) is 19.3 Å². The van der Waals surface area contributed by atoms with Gasteiger partial charge in [0.05, 0.1) is 11.9 Å². The highest BCUT2D eigenvalue weighted by Crippen LogP contribution is 2.08. The van der Waals surface area contributed by atoms with Gasteiger partial charge in [-0.05, 0) is 25.5 Å². The number of imidazole rings is 1. The molecule has 116 valence electrons. The molecule has 0 aliphatic rings. The normalized spacial score (nSPS) is 10.9. The van der Waals surface area contributed by atoms with E-state index in [0.29, 0.717) is 0 Å². The lowest BCUT2D eigenvalue weighted by atomic mass is 10.2. The zero-order valence-corrected chi connectivity index (χ0v) is 13.5. The minimum absolute atomic E-state index is 0.178. The minimum atomic E-state index is -4.27. The molecule has 1 aromatic carbocycles. The van der Waals surface area contributed by atoms with Crippen LogP contribution in [0.25, 0.3) is 0 Å². The third-order valence-electron chi connectivity index (χ3n) is 3.05. The molecule has 21 heavy (non-hydrogen) atoms. The second-order valence-corrected chi connectivity index (χ2v) is 6.27. The molecule has 2 aromatic rings. The molecule has 1 N–H and O–H groups in total. The first kappa shape index (κ1) is 17.4. The minimum Gasteiger partial charge on any atom is -0.744 e. The molecule has 0 aliphatic heterocycles. The average molecular weight is 310 g/mol. The van der Waals surface area contributed by atoms with E-state index in [-0.39, 0.29) is 4.90 Å². The summed E-state index contributed by atoms with van der Waals surface area (Å²) in [7, 11) is -2.20. The SMILES string of the molecule is CCCCc1[nH]cc[n+]1C.Cc1ccc(S(=O)(=O)[O-])cc1. The van der Waals surface area contributed by atoms with Crippen molar-refractivity contribution in [1.29, 1.82) is 0 Å². The lowest BCUT2D eigenvalue weighted by molar-refractivity contribution is -0.677. The van der Waals surface area contributed by atoms with Gasteiger partial charge in [0, 0.05) is 6.42 Å². The van der Waals surface area contributed by atoms with Gasteiger partial charge < -0.3 is 4.55 Å². The number of hydrogen-bond donors (Lipinski definition) is 1. The highest BCUT2D eigenvalue weighted by Gasteiger charge is 2.03. The number of nitrogens with zero attached hydrogens (tertiary/aromatic N) is 1. The molecule has 0 bridgehead atoms. The smallest absolute Gasteiger partial charge is 0.253 e.